The molecule has 118 valence electrons. The van der Waals surface area contributed by atoms with E-state index in [1.165, 1.54) is 0 Å². The van der Waals surface area contributed by atoms with Crippen molar-refractivity contribution in [2.75, 3.05) is 16.8 Å². The fraction of sp³-hybridized carbons (Fsp3) is 0.222. The fourth-order valence-corrected chi connectivity index (χ4v) is 3.08. The third kappa shape index (κ3) is 3.45. The summed E-state index contributed by atoms with van der Waals surface area (Å²) in [5, 5.41) is 2.83. The van der Waals surface area contributed by atoms with Crippen LogP contribution >= 0.6 is 15.9 Å². The predicted octanol–water partition coefficient (Wildman–Crippen LogP) is 3.75. The smallest absolute Gasteiger partial charge is 0.239 e. The molecule has 3 rings (SSSR count). The van der Waals surface area contributed by atoms with Crippen LogP contribution < -0.4 is 10.2 Å². The molecule has 5 heteroatoms. The Labute approximate surface area is 143 Å². The zero-order valence-corrected chi connectivity index (χ0v) is 14.3. The van der Waals surface area contributed by atoms with Crippen LogP contribution in [0.2, 0.25) is 0 Å². The lowest BCUT2D eigenvalue weighted by atomic mass is 10.1. The van der Waals surface area contributed by atoms with Gasteiger partial charge in [0.25, 0.3) is 0 Å². The van der Waals surface area contributed by atoms with E-state index >= 15 is 0 Å². The molecule has 0 spiro atoms. The lowest BCUT2D eigenvalue weighted by Gasteiger charge is -2.17. The van der Waals surface area contributed by atoms with Gasteiger partial charge in [0.05, 0.1) is 0 Å². The molecule has 0 saturated carbocycles. The van der Waals surface area contributed by atoms with Crippen LogP contribution in [0.1, 0.15) is 12.0 Å². The van der Waals surface area contributed by atoms with E-state index in [4.69, 9.17) is 0 Å². The molecule has 23 heavy (non-hydrogen) atoms. The molecule has 1 fully saturated rings. The van der Waals surface area contributed by atoms with Crippen LogP contribution in [0.3, 0.4) is 0 Å². The van der Waals surface area contributed by atoms with Gasteiger partial charge in [-0.15, -0.1) is 0 Å². The Hall–Kier alpha value is -2.14. The number of nitrogens with one attached hydrogen (secondary N) is 1. The van der Waals surface area contributed by atoms with E-state index in [0.29, 0.717) is 18.7 Å². The minimum atomic E-state index is -0.629. The summed E-state index contributed by atoms with van der Waals surface area (Å²) in [7, 11) is 0. The Morgan fingerprint density at radius 1 is 1.22 bits per heavy atom. The normalized spacial score (nSPS) is 17.4. The summed E-state index contributed by atoms with van der Waals surface area (Å²) in [4.78, 5) is 26.6. The monoisotopic (exact) mass is 372 g/mol. The Morgan fingerprint density at radius 3 is 2.65 bits per heavy atom. The van der Waals surface area contributed by atoms with Gasteiger partial charge in [-0.1, -0.05) is 39.7 Å². The third-order valence-corrected chi connectivity index (χ3v) is 4.45. The van der Waals surface area contributed by atoms with Gasteiger partial charge < -0.3 is 10.2 Å². The van der Waals surface area contributed by atoms with Crippen molar-refractivity contribution in [3.63, 3.8) is 0 Å². The topological polar surface area (TPSA) is 49.4 Å². The van der Waals surface area contributed by atoms with Crippen LogP contribution in [-0.2, 0) is 9.59 Å². The summed E-state index contributed by atoms with van der Waals surface area (Å²) in [6.45, 7) is 2.54. The van der Waals surface area contributed by atoms with Crippen molar-refractivity contribution in [1.82, 2.24) is 0 Å². The summed E-state index contributed by atoms with van der Waals surface area (Å²) in [6.07, 6.45) is 0.531. The van der Waals surface area contributed by atoms with E-state index in [1.54, 1.807) is 4.90 Å². The number of anilines is 2. The van der Waals surface area contributed by atoms with E-state index in [-0.39, 0.29) is 11.8 Å². The maximum absolute atomic E-state index is 12.6. The first-order chi connectivity index (χ1) is 11.0. The van der Waals surface area contributed by atoms with Gasteiger partial charge in [-0.2, -0.15) is 0 Å². The van der Waals surface area contributed by atoms with Crippen LogP contribution in [-0.4, -0.2) is 18.4 Å². The van der Waals surface area contributed by atoms with Crippen LogP contribution in [0, 0.1) is 12.8 Å². The molecule has 0 aromatic heterocycles. The number of rotatable bonds is 3. The molecule has 1 saturated heterocycles. The first kappa shape index (κ1) is 15.7. The van der Waals surface area contributed by atoms with E-state index in [0.717, 1.165) is 15.7 Å². The van der Waals surface area contributed by atoms with E-state index < -0.39 is 5.92 Å². The second-order valence-corrected chi connectivity index (χ2v) is 6.58. The van der Waals surface area contributed by atoms with Gasteiger partial charge >= 0.3 is 0 Å². The van der Waals surface area contributed by atoms with Crippen LogP contribution in [0.5, 0.6) is 0 Å². The second kappa shape index (κ2) is 6.54. The number of carbonyl (C=O) groups excluding carboxylic acids is 2. The second-order valence-electron chi connectivity index (χ2n) is 5.67. The first-order valence-corrected chi connectivity index (χ1v) is 8.28. The number of hydrogen-bond donors (Lipinski definition) is 1. The Kier molecular flexibility index (Phi) is 4.48. The van der Waals surface area contributed by atoms with Crippen molar-refractivity contribution in [2.45, 2.75) is 13.3 Å². The van der Waals surface area contributed by atoms with Crippen LogP contribution in [0.15, 0.2) is 53.0 Å². The maximum atomic E-state index is 12.6. The van der Waals surface area contributed by atoms with Gasteiger partial charge in [0.1, 0.15) is 5.92 Å². The molecule has 1 heterocycles. The number of hydrogen-bond acceptors (Lipinski definition) is 2. The first-order valence-electron chi connectivity index (χ1n) is 7.49. The fourth-order valence-electron chi connectivity index (χ4n) is 2.69. The summed E-state index contributed by atoms with van der Waals surface area (Å²) in [5.74, 6) is -1.01. The van der Waals surface area contributed by atoms with E-state index in [2.05, 4.69) is 21.2 Å². The zero-order chi connectivity index (χ0) is 16.4. The van der Waals surface area contributed by atoms with Crippen LogP contribution in [0.25, 0.3) is 0 Å². The van der Waals surface area contributed by atoms with Gasteiger partial charge in [-0.3, -0.25) is 9.59 Å². The summed E-state index contributed by atoms with van der Waals surface area (Å²) < 4.78 is 0.912. The van der Waals surface area contributed by atoms with Gasteiger partial charge in [-0.05, 0) is 43.7 Å². The molecular formula is C18H17BrN2O2. The molecule has 1 atom stereocenters. The number of nitrogens with zero attached hydrogens (tertiary/aromatic N) is 1. The molecule has 1 unspecified atom stereocenters. The lowest BCUT2D eigenvalue weighted by Crippen LogP contribution is -2.33. The highest BCUT2D eigenvalue weighted by molar-refractivity contribution is 9.10. The molecule has 2 aromatic carbocycles. The third-order valence-electron chi connectivity index (χ3n) is 3.96. The molecule has 1 N–H and O–H groups in total. The molecule has 1 aliphatic heterocycles. The number of benzene rings is 2. The van der Waals surface area contributed by atoms with Crippen molar-refractivity contribution >= 4 is 39.1 Å². The van der Waals surface area contributed by atoms with Gasteiger partial charge in [0.2, 0.25) is 11.8 Å². The zero-order valence-electron chi connectivity index (χ0n) is 12.8. The summed E-state index contributed by atoms with van der Waals surface area (Å²) >= 11 is 3.41. The van der Waals surface area contributed by atoms with E-state index in [1.807, 2.05) is 55.5 Å². The van der Waals surface area contributed by atoms with Gasteiger partial charge in [0, 0.05) is 22.4 Å². The molecule has 0 aliphatic carbocycles. The summed E-state index contributed by atoms with van der Waals surface area (Å²) in [6, 6.07) is 15.1. The predicted molar refractivity (Wildman–Crippen MR) is 94.4 cm³/mol. The maximum Gasteiger partial charge on any atom is 0.239 e. The lowest BCUT2D eigenvalue weighted by molar-refractivity contribution is -0.129. The standard InChI is InChI=1S/C18H17BrN2O2/c1-12-5-7-14(8-6-12)20-17(22)16-9-10-21(18(16)23)15-4-2-3-13(19)11-15/h2-8,11,16H,9-10H2,1H3,(H,20,22). The molecule has 1 aliphatic rings. The molecule has 2 amide bonds. The van der Waals surface area contributed by atoms with Gasteiger partial charge in [-0.25, -0.2) is 0 Å². The molecule has 0 bridgehead atoms. The molecule has 0 radical (unpaired) electrons. The highest BCUT2D eigenvalue weighted by atomic mass is 79.9. The number of aryl methyl sites for hydroxylation is 1. The minimum Gasteiger partial charge on any atom is -0.325 e. The minimum absolute atomic E-state index is 0.146. The van der Waals surface area contributed by atoms with Crippen molar-refractivity contribution in [3.05, 3.63) is 58.6 Å². The SMILES string of the molecule is Cc1ccc(NC(=O)C2CCN(c3cccc(Br)c3)C2=O)cc1. The molecule has 4 nitrogen and oxygen atoms in total. The number of halogens is 1. The quantitative estimate of drug-likeness (QED) is 0.834. The van der Waals surface area contributed by atoms with Crippen molar-refractivity contribution in [2.24, 2.45) is 5.92 Å². The Bertz CT molecular complexity index is 743. The average Bonchev–Trinajstić information content (AvgIpc) is 2.91. The Morgan fingerprint density at radius 2 is 1.96 bits per heavy atom. The molecule has 2 aromatic rings. The highest BCUT2D eigenvalue weighted by Gasteiger charge is 2.37. The van der Waals surface area contributed by atoms with Crippen molar-refractivity contribution in [1.29, 1.82) is 0 Å². The van der Waals surface area contributed by atoms with E-state index in [9.17, 15) is 9.59 Å². The molecular weight excluding hydrogens is 356 g/mol. The average molecular weight is 373 g/mol. The van der Waals surface area contributed by atoms with Gasteiger partial charge in [0.15, 0.2) is 0 Å². The Balaban J connectivity index is 1.71. The highest BCUT2D eigenvalue weighted by Crippen LogP contribution is 2.28. The number of carbonyl (C=O) groups is 2. The largest absolute Gasteiger partial charge is 0.325 e. The number of amides is 2. The van der Waals surface area contributed by atoms with Crippen molar-refractivity contribution < 1.29 is 9.59 Å². The van der Waals surface area contributed by atoms with Crippen LogP contribution in [0.4, 0.5) is 11.4 Å². The summed E-state index contributed by atoms with van der Waals surface area (Å²) in [5.41, 5.74) is 2.66. The van der Waals surface area contributed by atoms with Crippen molar-refractivity contribution in [3.8, 4) is 0 Å².